The number of rotatable bonds is 4. The normalized spacial score (nSPS) is 16.7. The van der Waals surface area contributed by atoms with Crippen molar-refractivity contribution in [2.75, 3.05) is 19.6 Å². The van der Waals surface area contributed by atoms with Gasteiger partial charge in [0.1, 0.15) is 0 Å². The highest BCUT2D eigenvalue weighted by Crippen LogP contribution is 2.28. The summed E-state index contributed by atoms with van der Waals surface area (Å²) in [5, 5.41) is 11.0. The first-order chi connectivity index (χ1) is 11.3. The summed E-state index contributed by atoms with van der Waals surface area (Å²) in [5.74, 6) is -0.335. The van der Waals surface area contributed by atoms with Crippen molar-refractivity contribution in [1.82, 2.24) is 10.2 Å². The maximum Gasteiger partial charge on any atom is 0.251 e. The van der Waals surface area contributed by atoms with Gasteiger partial charge in [-0.05, 0) is 37.1 Å². The Morgan fingerprint density at radius 1 is 1.42 bits per heavy atom. The minimum Gasteiger partial charge on any atom is -0.346 e. The van der Waals surface area contributed by atoms with Gasteiger partial charge in [-0.25, -0.2) is 13.6 Å². The summed E-state index contributed by atoms with van der Waals surface area (Å²) in [6.07, 6.45) is 0. The molecule has 2 aliphatic rings. The number of nitrogens with one attached hydrogen (secondary N) is 1. The Bertz CT molecular complexity index is 875. The highest BCUT2D eigenvalue weighted by atomic mass is 32.2. The second-order valence-electron chi connectivity index (χ2n) is 5.69. The Morgan fingerprint density at radius 2 is 2.17 bits per heavy atom. The number of benzene rings is 1. The number of aliphatic imine (C=N–C) groups is 1. The molecular formula is C15H18N4O3S2. The van der Waals surface area contributed by atoms with E-state index in [9.17, 15) is 13.2 Å². The first-order valence-corrected chi connectivity index (χ1v) is 9.80. The van der Waals surface area contributed by atoms with E-state index in [2.05, 4.69) is 15.2 Å². The molecule has 9 heteroatoms. The number of hydrogen-bond acceptors (Lipinski definition) is 6. The van der Waals surface area contributed by atoms with Crippen LogP contribution < -0.4 is 10.5 Å². The third kappa shape index (κ3) is 3.19. The fourth-order valence-corrected chi connectivity index (χ4v) is 4.47. The van der Waals surface area contributed by atoms with Crippen molar-refractivity contribution < 1.29 is 13.2 Å². The van der Waals surface area contributed by atoms with Crippen LogP contribution in [-0.4, -0.2) is 44.0 Å². The largest absolute Gasteiger partial charge is 0.346 e. The average Bonchev–Trinajstić information content (AvgIpc) is 3.09. The van der Waals surface area contributed by atoms with Crippen LogP contribution in [-0.2, 0) is 10.0 Å². The number of carbonyl (C=O) groups excluding carboxylic acids is 1. The van der Waals surface area contributed by atoms with E-state index >= 15 is 0 Å². The molecule has 0 saturated heterocycles. The predicted octanol–water partition coefficient (Wildman–Crippen LogP) is 0.940. The number of aryl methyl sites for hydroxylation is 1. The van der Waals surface area contributed by atoms with Crippen molar-refractivity contribution >= 4 is 32.9 Å². The number of fused-ring (bicyclic) bond motifs is 1. The molecule has 2 aliphatic heterocycles. The van der Waals surface area contributed by atoms with Gasteiger partial charge in [0.15, 0.2) is 5.17 Å². The SMILES string of the molecule is Cc1cc(C(=O)NCC2=CSC3=NCCN23)cc(S(N)(=O)=O)c1C. The molecule has 3 N–H and O–H groups in total. The summed E-state index contributed by atoms with van der Waals surface area (Å²) in [5.41, 5.74) is 2.53. The second kappa shape index (κ2) is 6.23. The first kappa shape index (κ1) is 17.0. The van der Waals surface area contributed by atoms with E-state index in [0.29, 0.717) is 17.7 Å². The van der Waals surface area contributed by atoms with Crippen molar-refractivity contribution in [3.05, 3.63) is 39.9 Å². The molecule has 1 aromatic carbocycles. The first-order valence-electron chi connectivity index (χ1n) is 7.37. The number of hydrogen-bond donors (Lipinski definition) is 2. The highest BCUT2D eigenvalue weighted by Gasteiger charge is 2.26. The molecule has 24 heavy (non-hydrogen) atoms. The molecule has 0 aliphatic carbocycles. The molecule has 2 heterocycles. The lowest BCUT2D eigenvalue weighted by Crippen LogP contribution is -2.32. The van der Waals surface area contributed by atoms with Crippen LogP contribution in [0.25, 0.3) is 0 Å². The lowest BCUT2D eigenvalue weighted by atomic mass is 10.1. The Balaban J connectivity index is 1.76. The quantitative estimate of drug-likeness (QED) is 0.825. The van der Waals surface area contributed by atoms with Gasteiger partial charge in [-0.2, -0.15) is 0 Å². The number of nitrogens with zero attached hydrogens (tertiary/aromatic N) is 2. The third-order valence-corrected chi connectivity index (χ3v) is 6.05. The van der Waals surface area contributed by atoms with Crippen molar-refractivity contribution in [2.45, 2.75) is 18.7 Å². The van der Waals surface area contributed by atoms with Crippen LogP contribution in [0.15, 0.2) is 33.1 Å². The lowest BCUT2D eigenvalue weighted by Gasteiger charge is -2.17. The van der Waals surface area contributed by atoms with Crippen LogP contribution in [0.5, 0.6) is 0 Å². The zero-order valence-electron chi connectivity index (χ0n) is 13.4. The molecule has 128 valence electrons. The molecule has 0 radical (unpaired) electrons. The van der Waals surface area contributed by atoms with Crippen LogP contribution in [0.2, 0.25) is 0 Å². The van der Waals surface area contributed by atoms with Gasteiger partial charge in [-0.3, -0.25) is 9.79 Å². The van der Waals surface area contributed by atoms with Crippen LogP contribution >= 0.6 is 11.8 Å². The third-order valence-electron chi connectivity index (χ3n) is 4.07. The van der Waals surface area contributed by atoms with Crippen LogP contribution in [0.4, 0.5) is 0 Å². The van der Waals surface area contributed by atoms with Gasteiger partial charge < -0.3 is 10.2 Å². The van der Waals surface area contributed by atoms with Crippen molar-refractivity contribution in [2.24, 2.45) is 10.1 Å². The van der Waals surface area contributed by atoms with E-state index in [0.717, 1.165) is 24.0 Å². The Labute approximate surface area is 145 Å². The fraction of sp³-hybridized carbons (Fsp3) is 0.333. The van der Waals surface area contributed by atoms with Gasteiger partial charge in [0.05, 0.1) is 18.0 Å². The van der Waals surface area contributed by atoms with Crippen LogP contribution in [0, 0.1) is 13.8 Å². The van der Waals surface area contributed by atoms with E-state index < -0.39 is 10.0 Å². The summed E-state index contributed by atoms with van der Waals surface area (Å²) in [7, 11) is -3.87. The second-order valence-corrected chi connectivity index (χ2v) is 8.05. The minimum atomic E-state index is -3.87. The molecule has 3 rings (SSSR count). The Morgan fingerprint density at radius 3 is 2.88 bits per heavy atom. The molecule has 0 atom stereocenters. The maximum absolute atomic E-state index is 12.4. The average molecular weight is 366 g/mol. The van der Waals surface area contributed by atoms with E-state index in [-0.39, 0.29) is 16.4 Å². The van der Waals surface area contributed by atoms with Gasteiger partial charge in [0, 0.05) is 23.2 Å². The number of amides is 1. The standard InChI is InChI=1S/C15H18N4O3S2/c1-9-5-11(6-13(10(9)2)24(16,21)22)14(20)18-7-12-8-23-15-17-3-4-19(12)15/h5-6,8H,3-4,7H2,1-2H3,(H,18,20)(H2,16,21,22). The number of nitrogens with two attached hydrogens (primary N) is 1. The highest BCUT2D eigenvalue weighted by molar-refractivity contribution is 8.16. The topological polar surface area (TPSA) is 105 Å². The van der Waals surface area contributed by atoms with Gasteiger partial charge >= 0.3 is 0 Å². The summed E-state index contributed by atoms with van der Waals surface area (Å²) >= 11 is 1.55. The Kier molecular flexibility index (Phi) is 4.41. The number of thioether (sulfide) groups is 1. The summed E-state index contributed by atoms with van der Waals surface area (Å²) in [6, 6.07) is 2.99. The molecule has 0 spiro atoms. The van der Waals surface area contributed by atoms with Gasteiger partial charge in [-0.1, -0.05) is 11.8 Å². The van der Waals surface area contributed by atoms with E-state index in [1.807, 2.05) is 5.41 Å². The van der Waals surface area contributed by atoms with Crippen molar-refractivity contribution in [3.8, 4) is 0 Å². The summed E-state index contributed by atoms with van der Waals surface area (Å²) in [6.45, 7) is 5.38. The lowest BCUT2D eigenvalue weighted by molar-refractivity contribution is 0.0955. The molecule has 1 amide bonds. The smallest absolute Gasteiger partial charge is 0.251 e. The molecule has 0 fully saturated rings. The van der Waals surface area contributed by atoms with Gasteiger partial charge in [-0.15, -0.1) is 0 Å². The molecule has 0 saturated carbocycles. The summed E-state index contributed by atoms with van der Waals surface area (Å²) < 4.78 is 23.4. The number of primary sulfonamides is 1. The maximum atomic E-state index is 12.4. The van der Waals surface area contributed by atoms with E-state index in [1.54, 1.807) is 31.7 Å². The molecule has 0 bridgehead atoms. The van der Waals surface area contributed by atoms with Crippen LogP contribution in [0.3, 0.4) is 0 Å². The van der Waals surface area contributed by atoms with Crippen molar-refractivity contribution in [1.29, 1.82) is 0 Å². The molecule has 1 aromatic rings. The fourth-order valence-electron chi connectivity index (χ4n) is 2.64. The monoisotopic (exact) mass is 366 g/mol. The molecule has 0 aromatic heterocycles. The van der Waals surface area contributed by atoms with Gasteiger partial charge in [0.2, 0.25) is 10.0 Å². The zero-order chi connectivity index (χ0) is 17.5. The minimum absolute atomic E-state index is 0.0164. The Hall–Kier alpha value is -1.84. The van der Waals surface area contributed by atoms with Crippen molar-refractivity contribution in [3.63, 3.8) is 0 Å². The van der Waals surface area contributed by atoms with E-state index in [1.165, 1.54) is 6.07 Å². The number of sulfonamides is 1. The number of amidine groups is 1. The molecule has 7 nitrogen and oxygen atoms in total. The summed E-state index contributed by atoms with van der Waals surface area (Å²) in [4.78, 5) is 18.8. The molecular weight excluding hydrogens is 348 g/mol. The van der Waals surface area contributed by atoms with Gasteiger partial charge in [0.25, 0.3) is 5.91 Å². The predicted molar refractivity (Wildman–Crippen MR) is 94.3 cm³/mol. The van der Waals surface area contributed by atoms with Crippen LogP contribution in [0.1, 0.15) is 21.5 Å². The molecule has 0 unspecified atom stereocenters. The number of carbonyl (C=O) groups is 1. The zero-order valence-corrected chi connectivity index (χ0v) is 15.0. The van der Waals surface area contributed by atoms with E-state index in [4.69, 9.17) is 5.14 Å².